The van der Waals surface area contributed by atoms with Gasteiger partial charge in [0.2, 0.25) is 0 Å². The van der Waals surface area contributed by atoms with Crippen molar-refractivity contribution in [3.8, 4) is 0 Å². The number of halogens is 1. The van der Waals surface area contributed by atoms with Crippen LogP contribution >= 0.6 is 0 Å². The normalized spacial score (nSPS) is 10.2. The summed E-state index contributed by atoms with van der Waals surface area (Å²) in [6.45, 7) is 0. The van der Waals surface area contributed by atoms with Crippen LogP contribution in [0.2, 0.25) is 0 Å². The summed E-state index contributed by atoms with van der Waals surface area (Å²) in [7, 11) is 0. The minimum absolute atomic E-state index is 0.161. The highest BCUT2D eigenvalue weighted by Crippen LogP contribution is 2.22. The molecule has 0 spiro atoms. The Morgan fingerprint density at radius 1 is 1.06 bits per heavy atom. The molecule has 0 aliphatic heterocycles. The molecule has 0 bridgehead atoms. The fourth-order valence-electron chi connectivity index (χ4n) is 1.60. The van der Waals surface area contributed by atoms with Gasteiger partial charge in [-0.15, -0.1) is 0 Å². The topological polar surface area (TPSA) is 75.9 Å². The molecule has 0 fully saturated rings. The van der Waals surface area contributed by atoms with Crippen LogP contribution in [0.5, 0.6) is 0 Å². The van der Waals surface area contributed by atoms with Gasteiger partial charge in [-0.05, 0) is 18.2 Å². The van der Waals surface area contributed by atoms with Crippen molar-refractivity contribution in [2.45, 2.75) is 0 Å². The molecule has 0 unspecified atom stereocenters. The Labute approximate surface area is 98.4 Å². The van der Waals surface area contributed by atoms with Crippen LogP contribution in [0.1, 0.15) is 11.1 Å². The molecule has 2 rings (SSSR count). The van der Waals surface area contributed by atoms with Crippen molar-refractivity contribution in [3.05, 3.63) is 59.4 Å². The molecule has 0 amide bonds. The molecular formula is C13H12FN3. The molecule has 2 aromatic rings. The summed E-state index contributed by atoms with van der Waals surface area (Å²) in [5.74, 6) is -0.380. The summed E-state index contributed by atoms with van der Waals surface area (Å²) in [4.78, 5) is 0. The van der Waals surface area contributed by atoms with Gasteiger partial charge < -0.3 is 11.5 Å². The predicted molar refractivity (Wildman–Crippen MR) is 67.6 cm³/mol. The average molecular weight is 229 g/mol. The molecule has 2 aromatic carbocycles. The van der Waals surface area contributed by atoms with E-state index in [2.05, 4.69) is 0 Å². The SMILES string of the molecule is N=C(c1cccc(F)c1)c1cccc(N)c1N. The highest BCUT2D eigenvalue weighted by Gasteiger charge is 2.10. The van der Waals surface area contributed by atoms with Gasteiger partial charge in [0.05, 0.1) is 17.1 Å². The summed E-state index contributed by atoms with van der Waals surface area (Å²) in [5.41, 5.74) is 13.4. The molecule has 0 saturated heterocycles. The van der Waals surface area contributed by atoms with Crippen molar-refractivity contribution >= 4 is 17.1 Å². The van der Waals surface area contributed by atoms with E-state index in [1.165, 1.54) is 12.1 Å². The number of rotatable bonds is 2. The maximum absolute atomic E-state index is 13.1. The van der Waals surface area contributed by atoms with Crippen LogP contribution < -0.4 is 11.5 Å². The molecule has 0 atom stereocenters. The zero-order valence-corrected chi connectivity index (χ0v) is 9.07. The third kappa shape index (κ3) is 2.10. The second-order valence-electron chi connectivity index (χ2n) is 3.69. The number of anilines is 2. The lowest BCUT2D eigenvalue weighted by molar-refractivity contribution is 0.627. The van der Waals surface area contributed by atoms with E-state index in [-0.39, 0.29) is 11.5 Å². The van der Waals surface area contributed by atoms with Gasteiger partial charge in [0.25, 0.3) is 0 Å². The molecule has 0 aromatic heterocycles. The first kappa shape index (κ1) is 11.1. The lowest BCUT2D eigenvalue weighted by Gasteiger charge is -2.09. The number of nitrogens with two attached hydrogens (primary N) is 2. The van der Waals surface area contributed by atoms with Gasteiger partial charge in [-0.3, -0.25) is 5.41 Å². The lowest BCUT2D eigenvalue weighted by Crippen LogP contribution is -2.07. The number of nitrogen functional groups attached to an aromatic ring is 2. The van der Waals surface area contributed by atoms with E-state index < -0.39 is 0 Å². The second kappa shape index (κ2) is 4.25. The fourth-order valence-corrected chi connectivity index (χ4v) is 1.60. The van der Waals surface area contributed by atoms with Gasteiger partial charge in [0, 0.05) is 11.1 Å². The number of para-hydroxylation sites is 1. The van der Waals surface area contributed by atoms with Crippen molar-refractivity contribution in [1.29, 1.82) is 5.41 Å². The molecule has 3 nitrogen and oxygen atoms in total. The molecule has 86 valence electrons. The smallest absolute Gasteiger partial charge is 0.123 e. The second-order valence-corrected chi connectivity index (χ2v) is 3.69. The maximum Gasteiger partial charge on any atom is 0.123 e. The first-order chi connectivity index (χ1) is 8.09. The zero-order chi connectivity index (χ0) is 12.4. The fraction of sp³-hybridized carbons (Fsp3) is 0. The first-order valence-electron chi connectivity index (χ1n) is 5.08. The Morgan fingerprint density at radius 3 is 2.47 bits per heavy atom. The Morgan fingerprint density at radius 2 is 1.76 bits per heavy atom. The van der Waals surface area contributed by atoms with Crippen molar-refractivity contribution in [2.75, 3.05) is 11.5 Å². The summed E-state index contributed by atoms with van der Waals surface area (Å²) < 4.78 is 13.1. The van der Waals surface area contributed by atoms with Gasteiger partial charge >= 0.3 is 0 Å². The largest absolute Gasteiger partial charge is 0.397 e. The number of nitrogens with one attached hydrogen (secondary N) is 1. The standard InChI is InChI=1S/C13H12FN3/c14-9-4-1-3-8(7-9)12(16)10-5-2-6-11(15)13(10)17/h1-7,16H,15,17H2. The van der Waals surface area contributed by atoms with Crippen LogP contribution in [0.15, 0.2) is 42.5 Å². The molecule has 0 aliphatic carbocycles. The minimum Gasteiger partial charge on any atom is -0.397 e. The Balaban J connectivity index is 2.48. The van der Waals surface area contributed by atoms with Crippen molar-refractivity contribution in [1.82, 2.24) is 0 Å². The molecule has 17 heavy (non-hydrogen) atoms. The van der Waals surface area contributed by atoms with Gasteiger partial charge in [-0.25, -0.2) is 4.39 Å². The Kier molecular flexibility index (Phi) is 2.78. The van der Waals surface area contributed by atoms with E-state index >= 15 is 0 Å². The lowest BCUT2D eigenvalue weighted by atomic mass is 10.0. The Bertz CT molecular complexity index is 579. The highest BCUT2D eigenvalue weighted by molar-refractivity contribution is 6.14. The quantitative estimate of drug-likeness (QED) is 0.546. The van der Waals surface area contributed by atoms with Crippen LogP contribution in [0, 0.1) is 11.2 Å². The monoisotopic (exact) mass is 229 g/mol. The van der Waals surface area contributed by atoms with Crippen molar-refractivity contribution < 1.29 is 4.39 Å². The summed E-state index contributed by atoms with van der Waals surface area (Å²) in [6, 6.07) is 10.9. The molecule has 0 aliphatic rings. The Hall–Kier alpha value is -2.36. The highest BCUT2D eigenvalue weighted by atomic mass is 19.1. The number of hydrogen-bond acceptors (Lipinski definition) is 3. The number of hydrogen-bond donors (Lipinski definition) is 3. The van der Waals surface area contributed by atoms with Gasteiger partial charge in [0.15, 0.2) is 0 Å². The van der Waals surface area contributed by atoms with E-state index in [0.29, 0.717) is 22.5 Å². The molecule has 4 heteroatoms. The summed E-state index contributed by atoms with van der Waals surface area (Å²) in [5, 5.41) is 8.00. The van der Waals surface area contributed by atoms with Crippen molar-refractivity contribution in [3.63, 3.8) is 0 Å². The first-order valence-corrected chi connectivity index (χ1v) is 5.08. The summed E-state index contributed by atoms with van der Waals surface area (Å²) in [6.07, 6.45) is 0. The van der Waals surface area contributed by atoms with E-state index in [4.69, 9.17) is 16.9 Å². The maximum atomic E-state index is 13.1. The minimum atomic E-state index is -0.380. The summed E-state index contributed by atoms with van der Waals surface area (Å²) >= 11 is 0. The van der Waals surface area contributed by atoms with Gasteiger partial charge in [-0.2, -0.15) is 0 Å². The average Bonchev–Trinajstić information content (AvgIpc) is 2.32. The van der Waals surface area contributed by atoms with Gasteiger partial charge in [-0.1, -0.05) is 24.3 Å². The third-order valence-electron chi connectivity index (χ3n) is 2.52. The van der Waals surface area contributed by atoms with E-state index in [0.717, 1.165) is 0 Å². The molecule has 5 N–H and O–H groups in total. The molecule has 0 radical (unpaired) electrons. The number of benzene rings is 2. The van der Waals surface area contributed by atoms with Crippen LogP contribution in [0.4, 0.5) is 15.8 Å². The van der Waals surface area contributed by atoms with Crippen LogP contribution in [-0.4, -0.2) is 5.71 Å². The van der Waals surface area contributed by atoms with Crippen LogP contribution in [-0.2, 0) is 0 Å². The molecular weight excluding hydrogens is 217 g/mol. The van der Waals surface area contributed by atoms with Crippen LogP contribution in [0.3, 0.4) is 0 Å². The molecule has 0 heterocycles. The van der Waals surface area contributed by atoms with Gasteiger partial charge in [0.1, 0.15) is 5.82 Å². The van der Waals surface area contributed by atoms with E-state index in [1.807, 2.05) is 0 Å². The van der Waals surface area contributed by atoms with E-state index in [1.54, 1.807) is 30.3 Å². The van der Waals surface area contributed by atoms with Crippen molar-refractivity contribution in [2.24, 2.45) is 0 Å². The van der Waals surface area contributed by atoms with Crippen LogP contribution in [0.25, 0.3) is 0 Å². The third-order valence-corrected chi connectivity index (χ3v) is 2.52. The zero-order valence-electron chi connectivity index (χ0n) is 9.07. The molecule has 0 saturated carbocycles. The van der Waals surface area contributed by atoms with E-state index in [9.17, 15) is 4.39 Å². The predicted octanol–water partition coefficient (Wildman–Crippen LogP) is 2.41.